The largest absolute Gasteiger partial charge is 0.465 e. The third-order valence-corrected chi connectivity index (χ3v) is 3.60. The first kappa shape index (κ1) is 18.4. The highest BCUT2D eigenvalue weighted by Gasteiger charge is 2.71. The van der Waals surface area contributed by atoms with E-state index in [-0.39, 0.29) is 26.2 Å². The van der Waals surface area contributed by atoms with Crippen LogP contribution in [0.1, 0.15) is 41.0 Å². The van der Waals surface area contributed by atoms with E-state index < -0.39 is 35.0 Å². The number of hydrogen-bond acceptors (Lipinski definition) is 7. The van der Waals surface area contributed by atoms with Gasteiger partial charge in [-0.3, -0.25) is 9.59 Å². The summed E-state index contributed by atoms with van der Waals surface area (Å²) >= 11 is 0. The summed E-state index contributed by atoms with van der Waals surface area (Å²) in [6.45, 7) is 8.81. The molecule has 1 aliphatic rings. The molecule has 1 rings (SSSR count). The van der Waals surface area contributed by atoms with E-state index in [1.165, 1.54) is 0 Å². The Morgan fingerprint density at radius 3 is 1.64 bits per heavy atom. The average Bonchev–Trinajstić information content (AvgIpc) is 3.00. The van der Waals surface area contributed by atoms with Gasteiger partial charge in [0.25, 0.3) is 0 Å². The van der Waals surface area contributed by atoms with Crippen molar-refractivity contribution in [2.24, 2.45) is 5.92 Å². The van der Waals surface area contributed by atoms with Crippen LogP contribution in [0.4, 0.5) is 0 Å². The Morgan fingerprint density at radius 1 is 0.909 bits per heavy atom. The molecule has 0 N–H and O–H groups in total. The molecule has 126 valence electrons. The molecule has 0 bridgehead atoms. The van der Waals surface area contributed by atoms with Crippen molar-refractivity contribution in [2.45, 2.75) is 52.2 Å². The Bertz CT molecular complexity index is 425. The summed E-state index contributed by atoms with van der Waals surface area (Å²) in [7, 11) is 0. The molecule has 1 heterocycles. The Morgan fingerprint density at radius 2 is 1.32 bits per heavy atom. The molecule has 1 atom stereocenters. The summed E-state index contributed by atoms with van der Waals surface area (Å²) in [5.41, 5.74) is -2.14. The van der Waals surface area contributed by atoms with Crippen LogP contribution in [-0.2, 0) is 33.3 Å². The second-order valence-electron chi connectivity index (χ2n) is 5.42. The molecule has 1 fully saturated rings. The first-order valence-electron chi connectivity index (χ1n) is 7.46. The third kappa shape index (κ3) is 3.58. The van der Waals surface area contributed by atoms with Crippen LogP contribution in [0.3, 0.4) is 0 Å². The summed E-state index contributed by atoms with van der Waals surface area (Å²) in [4.78, 5) is 36.2. The summed E-state index contributed by atoms with van der Waals surface area (Å²) in [6, 6.07) is 0. The first-order chi connectivity index (χ1) is 10.3. The van der Waals surface area contributed by atoms with Gasteiger partial charge in [0.15, 0.2) is 11.5 Å². The number of epoxide rings is 1. The van der Waals surface area contributed by atoms with Gasteiger partial charge in [-0.05, 0) is 34.6 Å². The Labute approximate surface area is 130 Å². The van der Waals surface area contributed by atoms with Gasteiger partial charge in [-0.15, -0.1) is 0 Å². The van der Waals surface area contributed by atoms with E-state index in [2.05, 4.69) is 0 Å². The minimum atomic E-state index is -1.33. The standard InChI is InChI=1S/C15H24O7/c1-6-19-11(16)10(12(17)20-7-2)9-15(13(18)21-8-3)14(4,5)22-15/h10H,6-9H2,1-5H3. The lowest BCUT2D eigenvalue weighted by atomic mass is 9.86. The van der Waals surface area contributed by atoms with Crippen molar-refractivity contribution in [1.82, 2.24) is 0 Å². The van der Waals surface area contributed by atoms with Gasteiger partial charge in [-0.1, -0.05) is 0 Å². The molecule has 0 amide bonds. The molecule has 1 saturated heterocycles. The van der Waals surface area contributed by atoms with Crippen molar-refractivity contribution in [2.75, 3.05) is 19.8 Å². The predicted octanol–water partition coefficient (Wildman–Crippen LogP) is 1.23. The summed E-state index contributed by atoms with van der Waals surface area (Å²) in [5.74, 6) is -3.25. The molecule has 0 aromatic heterocycles. The normalized spacial score (nSPS) is 22.1. The lowest BCUT2D eigenvalue weighted by Gasteiger charge is -2.19. The molecule has 0 spiro atoms. The quantitative estimate of drug-likeness (QED) is 0.288. The van der Waals surface area contributed by atoms with Crippen LogP contribution >= 0.6 is 0 Å². The Hall–Kier alpha value is -1.63. The minimum Gasteiger partial charge on any atom is -0.465 e. The van der Waals surface area contributed by atoms with E-state index in [1.807, 2.05) is 0 Å². The van der Waals surface area contributed by atoms with Gasteiger partial charge in [-0.25, -0.2) is 4.79 Å². The number of rotatable bonds is 8. The van der Waals surface area contributed by atoms with E-state index in [9.17, 15) is 14.4 Å². The first-order valence-corrected chi connectivity index (χ1v) is 7.46. The smallest absolute Gasteiger partial charge is 0.341 e. The number of esters is 3. The SMILES string of the molecule is CCOC(=O)C(CC1(C(=O)OCC)OC1(C)C)C(=O)OCC. The van der Waals surface area contributed by atoms with Crippen LogP contribution in [-0.4, -0.2) is 48.9 Å². The molecule has 0 aliphatic carbocycles. The molecule has 1 unspecified atom stereocenters. The highest BCUT2D eigenvalue weighted by molar-refractivity contribution is 5.96. The van der Waals surface area contributed by atoms with Gasteiger partial charge >= 0.3 is 17.9 Å². The molecule has 0 aromatic rings. The Balaban J connectivity index is 2.97. The molecular formula is C15H24O7. The fourth-order valence-electron chi connectivity index (χ4n) is 2.35. The van der Waals surface area contributed by atoms with Gasteiger partial charge in [0.1, 0.15) is 5.60 Å². The number of ether oxygens (including phenoxy) is 4. The van der Waals surface area contributed by atoms with Gasteiger partial charge in [0.2, 0.25) is 0 Å². The summed E-state index contributed by atoms with van der Waals surface area (Å²) < 4.78 is 20.3. The highest BCUT2D eigenvalue weighted by Crippen LogP contribution is 2.52. The van der Waals surface area contributed by atoms with Gasteiger partial charge in [0.05, 0.1) is 19.8 Å². The minimum absolute atomic E-state index is 0.130. The molecule has 0 saturated carbocycles. The fraction of sp³-hybridized carbons (Fsp3) is 0.800. The van der Waals surface area contributed by atoms with E-state index >= 15 is 0 Å². The van der Waals surface area contributed by atoms with Crippen molar-refractivity contribution in [3.8, 4) is 0 Å². The van der Waals surface area contributed by atoms with Gasteiger partial charge in [-0.2, -0.15) is 0 Å². The van der Waals surface area contributed by atoms with E-state index in [4.69, 9.17) is 18.9 Å². The lowest BCUT2D eigenvalue weighted by Crippen LogP contribution is -2.40. The average molecular weight is 316 g/mol. The maximum Gasteiger partial charge on any atom is 0.341 e. The lowest BCUT2D eigenvalue weighted by molar-refractivity contribution is -0.164. The molecular weight excluding hydrogens is 292 g/mol. The van der Waals surface area contributed by atoms with Gasteiger partial charge < -0.3 is 18.9 Å². The zero-order valence-corrected chi connectivity index (χ0v) is 13.8. The van der Waals surface area contributed by atoms with E-state index in [0.717, 1.165) is 0 Å². The molecule has 0 aromatic carbocycles. The predicted molar refractivity (Wildman–Crippen MR) is 75.9 cm³/mol. The molecule has 7 nitrogen and oxygen atoms in total. The zero-order chi connectivity index (χ0) is 17.0. The fourth-order valence-corrected chi connectivity index (χ4v) is 2.35. The maximum atomic E-state index is 12.2. The zero-order valence-electron chi connectivity index (χ0n) is 13.8. The monoisotopic (exact) mass is 316 g/mol. The number of carbonyl (C=O) groups is 3. The molecule has 0 radical (unpaired) electrons. The molecule has 7 heteroatoms. The van der Waals surface area contributed by atoms with E-state index in [1.54, 1.807) is 34.6 Å². The van der Waals surface area contributed by atoms with Crippen LogP contribution in [0.2, 0.25) is 0 Å². The third-order valence-electron chi connectivity index (χ3n) is 3.60. The van der Waals surface area contributed by atoms with Crippen molar-refractivity contribution in [3.05, 3.63) is 0 Å². The highest BCUT2D eigenvalue weighted by atomic mass is 16.7. The van der Waals surface area contributed by atoms with Crippen LogP contribution < -0.4 is 0 Å². The van der Waals surface area contributed by atoms with Crippen molar-refractivity contribution < 1.29 is 33.3 Å². The topological polar surface area (TPSA) is 91.4 Å². The van der Waals surface area contributed by atoms with E-state index in [0.29, 0.717) is 0 Å². The van der Waals surface area contributed by atoms with Crippen LogP contribution in [0.5, 0.6) is 0 Å². The molecule has 22 heavy (non-hydrogen) atoms. The summed E-state index contributed by atoms with van der Waals surface area (Å²) in [5, 5.41) is 0. The number of hydrogen-bond donors (Lipinski definition) is 0. The van der Waals surface area contributed by atoms with Crippen LogP contribution in [0, 0.1) is 5.92 Å². The van der Waals surface area contributed by atoms with Crippen LogP contribution in [0.15, 0.2) is 0 Å². The number of carbonyl (C=O) groups excluding carboxylic acids is 3. The summed E-state index contributed by atoms with van der Waals surface area (Å²) in [6.07, 6.45) is -0.156. The van der Waals surface area contributed by atoms with Crippen molar-refractivity contribution >= 4 is 17.9 Å². The maximum absolute atomic E-state index is 12.2. The van der Waals surface area contributed by atoms with Gasteiger partial charge in [0, 0.05) is 6.42 Å². The second kappa shape index (κ2) is 7.09. The second-order valence-corrected chi connectivity index (χ2v) is 5.42. The van der Waals surface area contributed by atoms with Crippen LogP contribution in [0.25, 0.3) is 0 Å². The Kier molecular flexibility index (Phi) is 5.93. The van der Waals surface area contributed by atoms with Crippen molar-refractivity contribution in [1.29, 1.82) is 0 Å². The van der Waals surface area contributed by atoms with Crippen molar-refractivity contribution in [3.63, 3.8) is 0 Å². The molecule has 1 aliphatic heterocycles.